The maximum Gasteiger partial charge on any atom is 0.0458 e. The summed E-state index contributed by atoms with van der Waals surface area (Å²) in [4.78, 5) is 0. The Hall–Kier alpha value is -0.470. The lowest BCUT2D eigenvalue weighted by molar-refractivity contribution is 1.24. The summed E-state index contributed by atoms with van der Waals surface area (Å²) in [5, 5.41) is 0. The van der Waals surface area contributed by atoms with Crippen LogP contribution >= 0.6 is 27.5 Å². The predicted molar refractivity (Wildman–Crippen MR) is 62.9 cm³/mol. The van der Waals surface area contributed by atoms with Crippen molar-refractivity contribution in [3.05, 3.63) is 34.3 Å². The third kappa shape index (κ3) is 3.41. The number of hydrogen-bond acceptors (Lipinski definition) is 1. The third-order valence-electron chi connectivity index (χ3n) is 1.61. The van der Waals surface area contributed by atoms with Crippen molar-refractivity contribution in [3.8, 4) is 0 Å². The van der Waals surface area contributed by atoms with Crippen molar-refractivity contribution in [1.29, 1.82) is 0 Å². The van der Waals surface area contributed by atoms with Gasteiger partial charge < -0.3 is 5.73 Å². The van der Waals surface area contributed by atoms with E-state index < -0.39 is 0 Å². The maximum absolute atomic E-state index is 5.65. The van der Waals surface area contributed by atoms with E-state index in [4.69, 9.17) is 17.3 Å². The van der Waals surface area contributed by atoms with Crippen molar-refractivity contribution in [2.45, 2.75) is 6.42 Å². The van der Waals surface area contributed by atoms with E-state index in [0.717, 1.165) is 22.1 Å². The molecule has 0 bridgehead atoms. The number of anilines is 1. The van der Waals surface area contributed by atoms with Crippen molar-refractivity contribution in [2.75, 3.05) is 11.6 Å². The lowest BCUT2D eigenvalue weighted by Gasteiger charge is -1.98. The fourth-order valence-electron chi connectivity index (χ4n) is 0.929. The normalized spacial score (nSPS) is 10.9. The van der Waals surface area contributed by atoms with Gasteiger partial charge in [0.15, 0.2) is 0 Å². The van der Waals surface area contributed by atoms with E-state index in [1.54, 1.807) is 0 Å². The monoisotopic (exact) mass is 259 g/mol. The highest BCUT2D eigenvalue weighted by Crippen LogP contribution is 2.21. The van der Waals surface area contributed by atoms with Crippen molar-refractivity contribution < 1.29 is 0 Å². The van der Waals surface area contributed by atoms with E-state index in [9.17, 15) is 0 Å². The maximum atomic E-state index is 5.65. The van der Waals surface area contributed by atoms with Crippen molar-refractivity contribution in [3.63, 3.8) is 0 Å². The summed E-state index contributed by atoms with van der Waals surface area (Å²) in [5.41, 5.74) is 7.54. The standard InChI is InChI=1S/C10H11BrClN/c11-9-7-8(3-1-2-6-12)4-5-10(9)13/h1,3-5,7H,2,6,13H2. The minimum Gasteiger partial charge on any atom is -0.398 e. The summed E-state index contributed by atoms with van der Waals surface area (Å²) >= 11 is 8.91. The number of nitrogens with two attached hydrogens (primary N) is 1. The Bertz CT molecular complexity index is 310. The lowest BCUT2D eigenvalue weighted by atomic mass is 10.2. The molecule has 13 heavy (non-hydrogen) atoms. The molecule has 0 aliphatic heterocycles. The second-order valence-corrected chi connectivity index (χ2v) is 3.89. The van der Waals surface area contributed by atoms with Crippen LogP contribution in [0.2, 0.25) is 0 Å². The summed E-state index contributed by atoms with van der Waals surface area (Å²) < 4.78 is 0.931. The summed E-state index contributed by atoms with van der Waals surface area (Å²) in [7, 11) is 0. The zero-order valence-electron chi connectivity index (χ0n) is 7.13. The minimum absolute atomic E-state index is 0.659. The largest absolute Gasteiger partial charge is 0.398 e. The fourth-order valence-corrected chi connectivity index (χ4v) is 1.45. The molecular weight excluding hydrogens is 249 g/mol. The number of hydrogen-bond donors (Lipinski definition) is 1. The van der Waals surface area contributed by atoms with Crippen LogP contribution in [0, 0.1) is 0 Å². The molecule has 0 heterocycles. The Kier molecular flexibility index (Phi) is 4.33. The summed E-state index contributed by atoms with van der Waals surface area (Å²) in [5.74, 6) is 0.659. The molecule has 1 nitrogen and oxygen atoms in total. The van der Waals surface area contributed by atoms with Crippen molar-refractivity contribution in [1.82, 2.24) is 0 Å². The molecule has 70 valence electrons. The van der Waals surface area contributed by atoms with Gasteiger partial charge in [0.05, 0.1) is 0 Å². The first-order chi connectivity index (χ1) is 6.24. The smallest absolute Gasteiger partial charge is 0.0458 e. The molecule has 3 heteroatoms. The summed E-state index contributed by atoms with van der Waals surface area (Å²) in [6, 6.07) is 5.84. The average molecular weight is 261 g/mol. The number of halogens is 2. The zero-order valence-corrected chi connectivity index (χ0v) is 9.48. The number of allylic oxidation sites excluding steroid dienone is 1. The van der Waals surface area contributed by atoms with Gasteiger partial charge in [-0.1, -0.05) is 18.2 Å². The van der Waals surface area contributed by atoms with Crippen molar-refractivity contribution >= 4 is 39.3 Å². The van der Waals surface area contributed by atoms with Gasteiger partial charge >= 0.3 is 0 Å². The van der Waals surface area contributed by atoms with E-state index in [-0.39, 0.29) is 0 Å². The molecule has 0 radical (unpaired) electrons. The Balaban J connectivity index is 2.73. The zero-order chi connectivity index (χ0) is 9.68. The molecular formula is C10H11BrClN. The molecule has 0 saturated carbocycles. The molecule has 0 spiro atoms. The topological polar surface area (TPSA) is 26.0 Å². The van der Waals surface area contributed by atoms with Crippen LogP contribution in [0.5, 0.6) is 0 Å². The van der Waals surface area contributed by atoms with Gasteiger partial charge in [0.1, 0.15) is 0 Å². The highest BCUT2D eigenvalue weighted by Gasteiger charge is 1.94. The first kappa shape index (κ1) is 10.6. The number of alkyl halides is 1. The third-order valence-corrected chi connectivity index (χ3v) is 2.52. The van der Waals surface area contributed by atoms with Crippen LogP contribution in [0.3, 0.4) is 0 Å². The van der Waals surface area contributed by atoms with Gasteiger partial charge in [0.2, 0.25) is 0 Å². The van der Waals surface area contributed by atoms with E-state index in [2.05, 4.69) is 15.9 Å². The molecule has 0 fully saturated rings. The second-order valence-electron chi connectivity index (χ2n) is 2.66. The van der Waals surface area contributed by atoms with Crippen LogP contribution in [0.15, 0.2) is 28.7 Å². The van der Waals surface area contributed by atoms with Crippen LogP contribution in [-0.2, 0) is 0 Å². The second kappa shape index (κ2) is 5.30. The molecule has 0 aromatic heterocycles. The average Bonchev–Trinajstić information content (AvgIpc) is 2.12. The Morgan fingerprint density at radius 1 is 1.46 bits per heavy atom. The van der Waals surface area contributed by atoms with Gasteiger partial charge in [-0.3, -0.25) is 0 Å². The van der Waals surface area contributed by atoms with Gasteiger partial charge in [0, 0.05) is 16.0 Å². The van der Waals surface area contributed by atoms with Crippen LogP contribution in [0.1, 0.15) is 12.0 Å². The first-order valence-electron chi connectivity index (χ1n) is 4.01. The predicted octanol–water partition coefficient (Wildman–Crippen LogP) is 3.67. The lowest BCUT2D eigenvalue weighted by Crippen LogP contribution is -1.85. The fraction of sp³-hybridized carbons (Fsp3) is 0.200. The minimum atomic E-state index is 0.659. The van der Waals surface area contributed by atoms with E-state index in [1.165, 1.54) is 0 Å². The number of benzene rings is 1. The molecule has 0 aliphatic rings. The van der Waals surface area contributed by atoms with Gasteiger partial charge in [-0.15, -0.1) is 11.6 Å². The molecule has 0 amide bonds. The molecule has 0 unspecified atom stereocenters. The van der Waals surface area contributed by atoms with Crippen LogP contribution < -0.4 is 5.73 Å². The van der Waals surface area contributed by atoms with Gasteiger partial charge in [-0.05, 0) is 40.0 Å². The highest BCUT2D eigenvalue weighted by molar-refractivity contribution is 9.10. The molecule has 0 atom stereocenters. The van der Waals surface area contributed by atoms with Crippen LogP contribution in [-0.4, -0.2) is 5.88 Å². The first-order valence-corrected chi connectivity index (χ1v) is 5.34. The van der Waals surface area contributed by atoms with E-state index >= 15 is 0 Å². The van der Waals surface area contributed by atoms with Crippen LogP contribution in [0.4, 0.5) is 5.69 Å². The number of nitrogen functional groups attached to an aromatic ring is 1. The van der Waals surface area contributed by atoms with Gasteiger partial charge in [-0.25, -0.2) is 0 Å². The van der Waals surface area contributed by atoms with Crippen LogP contribution in [0.25, 0.3) is 6.08 Å². The summed E-state index contributed by atoms with van der Waals surface area (Å²) in [6.07, 6.45) is 4.97. The van der Waals surface area contributed by atoms with Crippen molar-refractivity contribution in [2.24, 2.45) is 0 Å². The SMILES string of the molecule is Nc1ccc(C=CCCCl)cc1Br. The van der Waals surface area contributed by atoms with E-state index in [1.807, 2.05) is 30.4 Å². The Morgan fingerprint density at radius 3 is 2.85 bits per heavy atom. The number of rotatable bonds is 3. The molecule has 2 N–H and O–H groups in total. The molecule has 1 aromatic carbocycles. The highest BCUT2D eigenvalue weighted by atomic mass is 79.9. The van der Waals surface area contributed by atoms with Gasteiger partial charge in [0.25, 0.3) is 0 Å². The molecule has 0 saturated heterocycles. The quantitative estimate of drug-likeness (QED) is 0.651. The molecule has 0 aliphatic carbocycles. The van der Waals surface area contributed by atoms with E-state index in [0.29, 0.717) is 5.88 Å². The van der Waals surface area contributed by atoms with Gasteiger partial charge in [-0.2, -0.15) is 0 Å². The summed E-state index contributed by atoms with van der Waals surface area (Å²) in [6.45, 7) is 0. The molecule has 1 aromatic rings. The molecule has 1 rings (SSSR count). The Morgan fingerprint density at radius 2 is 2.23 bits per heavy atom. The Labute approximate surface area is 91.7 Å².